The van der Waals surface area contributed by atoms with Crippen LogP contribution in [0, 0.1) is 27.7 Å². The van der Waals surface area contributed by atoms with E-state index in [0.717, 1.165) is 27.8 Å². The maximum Gasteiger partial charge on any atom is 0.241 e. The van der Waals surface area contributed by atoms with E-state index in [1.165, 1.54) is 0 Å². The highest BCUT2D eigenvalue weighted by molar-refractivity contribution is 7.89. The van der Waals surface area contributed by atoms with Crippen LogP contribution in [0.25, 0.3) is 0 Å². The number of hydrogen-bond acceptors (Lipinski definition) is 3. The molecule has 0 fully saturated rings. The predicted molar refractivity (Wildman–Crippen MR) is 96.8 cm³/mol. The zero-order valence-electron chi connectivity index (χ0n) is 14.9. The second kappa shape index (κ2) is 7.47. The normalized spacial score (nSPS) is 13.0. The van der Waals surface area contributed by atoms with Gasteiger partial charge in [-0.05, 0) is 49.9 Å². The Labute approximate surface area is 144 Å². The monoisotopic (exact) mass is 347 g/mol. The van der Waals surface area contributed by atoms with Crippen LogP contribution in [0.15, 0.2) is 41.3 Å². The largest absolute Gasteiger partial charge is 0.375 e. The van der Waals surface area contributed by atoms with Crippen LogP contribution in [-0.4, -0.2) is 22.1 Å². The summed E-state index contributed by atoms with van der Waals surface area (Å²) in [5.74, 6) is 0. The zero-order chi connectivity index (χ0) is 17.9. The molecule has 1 N–H and O–H groups in total. The van der Waals surface area contributed by atoms with Crippen molar-refractivity contribution in [2.75, 3.05) is 13.7 Å². The van der Waals surface area contributed by atoms with Crippen molar-refractivity contribution in [2.45, 2.75) is 38.7 Å². The Morgan fingerprint density at radius 3 is 2.12 bits per heavy atom. The van der Waals surface area contributed by atoms with E-state index >= 15 is 0 Å². The minimum absolute atomic E-state index is 0.191. The molecular formula is C19H25NO3S. The van der Waals surface area contributed by atoms with E-state index in [-0.39, 0.29) is 12.6 Å². The highest BCUT2D eigenvalue weighted by Gasteiger charge is 2.22. The number of hydrogen-bond donors (Lipinski definition) is 1. The second-order valence-corrected chi connectivity index (χ2v) is 7.86. The van der Waals surface area contributed by atoms with Gasteiger partial charge in [-0.15, -0.1) is 0 Å². The molecule has 0 radical (unpaired) electrons. The number of aryl methyl sites for hydroxylation is 4. The molecule has 1 atom stereocenters. The number of ether oxygens (including phenoxy) is 1. The first-order valence-electron chi connectivity index (χ1n) is 7.92. The van der Waals surface area contributed by atoms with Crippen LogP contribution >= 0.6 is 0 Å². The number of rotatable bonds is 6. The molecule has 0 aromatic heterocycles. The lowest BCUT2D eigenvalue weighted by Gasteiger charge is -2.20. The standard InChI is InChI=1S/C19H25NO3S/c1-13-10-15(3)19(16(4)11-13)24(21,22)20-12-18(23-5)17-9-7-6-8-14(17)2/h6-11,18,20H,12H2,1-5H3. The van der Waals surface area contributed by atoms with Gasteiger partial charge in [0.05, 0.1) is 11.0 Å². The Bertz CT molecular complexity index is 805. The SMILES string of the molecule is COC(CNS(=O)(=O)c1c(C)cc(C)cc1C)c1ccccc1C. The summed E-state index contributed by atoms with van der Waals surface area (Å²) in [7, 11) is -2.00. The Kier molecular flexibility index (Phi) is 5.80. The first kappa shape index (κ1) is 18.6. The Balaban J connectivity index is 2.26. The molecular weight excluding hydrogens is 322 g/mol. The molecule has 0 aliphatic carbocycles. The summed E-state index contributed by atoms with van der Waals surface area (Å²) in [6, 6.07) is 11.6. The third kappa shape index (κ3) is 4.04. The molecule has 0 saturated carbocycles. The molecule has 0 spiro atoms. The smallest absolute Gasteiger partial charge is 0.241 e. The van der Waals surface area contributed by atoms with Crippen LogP contribution in [-0.2, 0) is 14.8 Å². The molecule has 5 heteroatoms. The van der Waals surface area contributed by atoms with Gasteiger partial charge in [0, 0.05) is 13.7 Å². The van der Waals surface area contributed by atoms with Gasteiger partial charge >= 0.3 is 0 Å². The lowest BCUT2D eigenvalue weighted by atomic mass is 10.0. The summed E-state index contributed by atoms with van der Waals surface area (Å²) >= 11 is 0. The van der Waals surface area contributed by atoms with E-state index in [2.05, 4.69) is 4.72 Å². The Morgan fingerprint density at radius 1 is 1.00 bits per heavy atom. The first-order valence-corrected chi connectivity index (χ1v) is 9.40. The van der Waals surface area contributed by atoms with Gasteiger partial charge in [-0.2, -0.15) is 0 Å². The first-order chi connectivity index (χ1) is 11.3. The van der Waals surface area contributed by atoms with Crippen molar-refractivity contribution in [3.05, 3.63) is 64.2 Å². The molecule has 2 rings (SSSR count). The van der Waals surface area contributed by atoms with E-state index < -0.39 is 10.0 Å². The molecule has 0 bridgehead atoms. The molecule has 0 amide bonds. The van der Waals surface area contributed by atoms with Crippen molar-refractivity contribution in [3.8, 4) is 0 Å². The van der Waals surface area contributed by atoms with Gasteiger partial charge in [0.2, 0.25) is 10.0 Å². The van der Waals surface area contributed by atoms with Crippen LogP contribution in [0.3, 0.4) is 0 Å². The van der Waals surface area contributed by atoms with Gasteiger partial charge in [-0.3, -0.25) is 0 Å². The van der Waals surface area contributed by atoms with Crippen LogP contribution in [0.4, 0.5) is 0 Å². The van der Waals surface area contributed by atoms with Gasteiger partial charge in [0.25, 0.3) is 0 Å². The maximum absolute atomic E-state index is 12.8. The number of sulfonamides is 1. The lowest BCUT2D eigenvalue weighted by molar-refractivity contribution is 0.107. The number of nitrogens with one attached hydrogen (secondary N) is 1. The van der Waals surface area contributed by atoms with Crippen molar-refractivity contribution in [1.29, 1.82) is 0 Å². The average Bonchev–Trinajstić information content (AvgIpc) is 2.48. The Morgan fingerprint density at radius 2 is 1.58 bits per heavy atom. The van der Waals surface area contributed by atoms with E-state index in [9.17, 15) is 8.42 Å². The second-order valence-electron chi connectivity index (χ2n) is 6.16. The highest BCUT2D eigenvalue weighted by Crippen LogP contribution is 2.24. The molecule has 0 heterocycles. The van der Waals surface area contributed by atoms with Crippen molar-refractivity contribution in [1.82, 2.24) is 4.72 Å². The average molecular weight is 347 g/mol. The maximum atomic E-state index is 12.8. The third-order valence-electron chi connectivity index (χ3n) is 4.15. The molecule has 4 nitrogen and oxygen atoms in total. The summed E-state index contributed by atoms with van der Waals surface area (Å²) < 4.78 is 33.7. The van der Waals surface area contributed by atoms with Crippen LogP contribution < -0.4 is 4.72 Å². The fourth-order valence-electron chi connectivity index (χ4n) is 3.12. The van der Waals surface area contributed by atoms with Gasteiger partial charge in [-0.25, -0.2) is 13.1 Å². The minimum Gasteiger partial charge on any atom is -0.375 e. The van der Waals surface area contributed by atoms with Gasteiger partial charge < -0.3 is 4.74 Å². The fraction of sp³-hybridized carbons (Fsp3) is 0.368. The third-order valence-corrected chi connectivity index (χ3v) is 5.88. The predicted octanol–water partition coefficient (Wildman–Crippen LogP) is 3.59. The Hall–Kier alpha value is -1.69. The van der Waals surface area contributed by atoms with Gasteiger partial charge in [0.15, 0.2) is 0 Å². The summed E-state index contributed by atoms with van der Waals surface area (Å²) in [5, 5.41) is 0. The summed E-state index contributed by atoms with van der Waals surface area (Å²) in [4.78, 5) is 0.354. The molecule has 24 heavy (non-hydrogen) atoms. The summed E-state index contributed by atoms with van der Waals surface area (Å²) in [6.07, 6.45) is -0.327. The van der Waals surface area contributed by atoms with Crippen LogP contribution in [0.5, 0.6) is 0 Å². The molecule has 0 aliphatic rings. The van der Waals surface area contributed by atoms with E-state index in [4.69, 9.17) is 4.74 Å². The summed E-state index contributed by atoms with van der Waals surface area (Å²) in [5.41, 5.74) is 4.62. The molecule has 2 aromatic carbocycles. The number of benzene rings is 2. The van der Waals surface area contributed by atoms with Crippen LogP contribution in [0.1, 0.15) is 33.9 Å². The van der Waals surface area contributed by atoms with E-state index in [1.807, 2.05) is 64.1 Å². The minimum atomic E-state index is -3.59. The van der Waals surface area contributed by atoms with Crippen molar-refractivity contribution in [3.63, 3.8) is 0 Å². The molecule has 130 valence electrons. The van der Waals surface area contributed by atoms with Crippen molar-refractivity contribution < 1.29 is 13.2 Å². The van der Waals surface area contributed by atoms with Crippen molar-refractivity contribution in [2.24, 2.45) is 0 Å². The summed E-state index contributed by atoms with van der Waals surface area (Å²) in [6.45, 7) is 7.79. The highest BCUT2D eigenvalue weighted by atomic mass is 32.2. The van der Waals surface area contributed by atoms with Gasteiger partial charge in [0.1, 0.15) is 0 Å². The fourth-order valence-corrected chi connectivity index (χ4v) is 4.60. The lowest BCUT2D eigenvalue weighted by Crippen LogP contribution is -2.30. The van der Waals surface area contributed by atoms with Crippen LogP contribution in [0.2, 0.25) is 0 Å². The van der Waals surface area contributed by atoms with E-state index in [0.29, 0.717) is 4.90 Å². The molecule has 0 saturated heterocycles. The molecule has 2 aromatic rings. The van der Waals surface area contributed by atoms with Crippen molar-refractivity contribution >= 4 is 10.0 Å². The molecule has 0 aliphatic heterocycles. The zero-order valence-corrected chi connectivity index (χ0v) is 15.7. The quantitative estimate of drug-likeness (QED) is 0.869. The molecule has 1 unspecified atom stereocenters. The number of methoxy groups -OCH3 is 1. The van der Waals surface area contributed by atoms with E-state index in [1.54, 1.807) is 7.11 Å². The van der Waals surface area contributed by atoms with Gasteiger partial charge in [-0.1, -0.05) is 42.0 Å². The topological polar surface area (TPSA) is 55.4 Å².